The van der Waals surface area contributed by atoms with E-state index in [1.807, 2.05) is 6.92 Å². The maximum atomic E-state index is 11.0. The maximum Gasteiger partial charge on any atom is 0.308 e. The molecule has 0 amide bonds. The van der Waals surface area contributed by atoms with Gasteiger partial charge in [-0.1, -0.05) is 6.92 Å². The highest BCUT2D eigenvalue weighted by atomic mass is 16.4. The minimum atomic E-state index is -0.697. The lowest BCUT2D eigenvalue weighted by atomic mass is 9.99. The number of hydrogen-bond donors (Lipinski definition) is 2. The fourth-order valence-electron chi connectivity index (χ4n) is 2.94. The molecule has 2 N–H and O–H groups in total. The second kappa shape index (κ2) is 4.10. The van der Waals surface area contributed by atoms with Crippen molar-refractivity contribution in [2.45, 2.75) is 38.3 Å². The molecule has 4 atom stereocenters. The molecule has 15 heavy (non-hydrogen) atoms. The Labute approximate surface area is 89.9 Å². The summed E-state index contributed by atoms with van der Waals surface area (Å²) in [4.78, 5) is 13.1. The number of hydrogen-bond acceptors (Lipinski definition) is 3. The monoisotopic (exact) mass is 213 g/mol. The Kier molecular flexibility index (Phi) is 2.98. The van der Waals surface area contributed by atoms with Crippen LogP contribution in [0.2, 0.25) is 0 Å². The second-order valence-electron chi connectivity index (χ2n) is 4.94. The van der Waals surface area contributed by atoms with E-state index in [0.717, 1.165) is 25.8 Å². The van der Waals surface area contributed by atoms with Crippen molar-refractivity contribution >= 4 is 5.97 Å². The van der Waals surface area contributed by atoms with Crippen LogP contribution in [-0.4, -0.2) is 46.3 Å². The van der Waals surface area contributed by atoms with Gasteiger partial charge in [-0.3, -0.25) is 9.69 Å². The van der Waals surface area contributed by atoms with E-state index in [4.69, 9.17) is 5.11 Å². The van der Waals surface area contributed by atoms with E-state index < -0.39 is 5.97 Å². The van der Waals surface area contributed by atoms with Crippen LogP contribution in [0.4, 0.5) is 0 Å². The Morgan fingerprint density at radius 1 is 1.33 bits per heavy atom. The van der Waals surface area contributed by atoms with Gasteiger partial charge in [0.15, 0.2) is 0 Å². The summed E-state index contributed by atoms with van der Waals surface area (Å²) < 4.78 is 0. The Morgan fingerprint density at radius 3 is 2.53 bits per heavy atom. The number of carboxylic acids is 1. The fourth-order valence-corrected chi connectivity index (χ4v) is 2.94. The molecule has 4 unspecified atom stereocenters. The molecule has 0 spiro atoms. The van der Waals surface area contributed by atoms with Gasteiger partial charge in [0.25, 0.3) is 0 Å². The first-order valence-electron chi connectivity index (χ1n) is 5.74. The van der Waals surface area contributed by atoms with Crippen LogP contribution in [0.5, 0.6) is 0 Å². The number of carboxylic acid groups (broad SMARTS) is 1. The van der Waals surface area contributed by atoms with Gasteiger partial charge in [0.05, 0.1) is 12.0 Å². The molecule has 2 fully saturated rings. The van der Waals surface area contributed by atoms with E-state index in [-0.39, 0.29) is 24.0 Å². The topological polar surface area (TPSA) is 60.8 Å². The predicted octanol–water partition coefficient (Wildman–Crippen LogP) is 0.552. The lowest BCUT2D eigenvalue weighted by molar-refractivity contribution is -0.142. The zero-order valence-corrected chi connectivity index (χ0v) is 9.09. The molecule has 0 radical (unpaired) electrons. The molecule has 1 saturated carbocycles. The van der Waals surface area contributed by atoms with Gasteiger partial charge >= 0.3 is 5.97 Å². The highest BCUT2D eigenvalue weighted by molar-refractivity contribution is 5.71. The van der Waals surface area contributed by atoms with Gasteiger partial charge in [-0.2, -0.15) is 0 Å². The molecule has 1 aliphatic heterocycles. The van der Waals surface area contributed by atoms with Gasteiger partial charge in [-0.25, -0.2) is 0 Å². The van der Waals surface area contributed by atoms with Gasteiger partial charge in [0.2, 0.25) is 0 Å². The van der Waals surface area contributed by atoms with Gasteiger partial charge in [-0.05, 0) is 25.2 Å². The van der Waals surface area contributed by atoms with Crippen molar-refractivity contribution in [3.63, 3.8) is 0 Å². The average molecular weight is 213 g/mol. The summed E-state index contributed by atoms with van der Waals surface area (Å²) >= 11 is 0. The first kappa shape index (κ1) is 10.9. The van der Waals surface area contributed by atoms with E-state index in [2.05, 4.69) is 4.90 Å². The van der Waals surface area contributed by atoms with E-state index in [1.54, 1.807) is 0 Å². The van der Waals surface area contributed by atoms with Crippen LogP contribution in [0.1, 0.15) is 26.2 Å². The van der Waals surface area contributed by atoms with E-state index >= 15 is 0 Å². The summed E-state index contributed by atoms with van der Waals surface area (Å²) in [7, 11) is 0. The summed E-state index contributed by atoms with van der Waals surface area (Å²) in [6.45, 7) is 3.41. The number of nitrogens with zero attached hydrogens (tertiary/aromatic N) is 1. The minimum Gasteiger partial charge on any atom is -0.481 e. The quantitative estimate of drug-likeness (QED) is 0.703. The molecule has 0 aromatic rings. The number of aliphatic hydroxyl groups excluding tert-OH is 1. The van der Waals surface area contributed by atoms with Crippen molar-refractivity contribution < 1.29 is 15.0 Å². The number of aliphatic hydroxyl groups is 1. The van der Waals surface area contributed by atoms with Crippen molar-refractivity contribution in [2.75, 3.05) is 13.1 Å². The van der Waals surface area contributed by atoms with Crippen LogP contribution in [0.3, 0.4) is 0 Å². The smallest absolute Gasteiger partial charge is 0.308 e. The largest absolute Gasteiger partial charge is 0.481 e. The molecular weight excluding hydrogens is 194 g/mol. The minimum absolute atomic E-state index is 0.204. The van der Waals surface area contributed by atoms with Crippen molar-refractivity contribution in [3.8, 4) is 0 Å². The molecule has 0 aromatic heterocycles. The van der Waals surface area contributed by atoms with E-state index in [0.29, 0.717) is 6.54 Å². The Morgan fingerprint density at radius 2 is 2.07 bits per heavy atom. The van der Waals surface area contributed by atoms with Crippen molar-refractivity contribution in [2.24, 2.45) is 11.8 Å². The highest BCUT2D eigenvalue weighted by Gasteiger charge is 2.40. The summed E-state index contributed by atoms with van der Waals surface area (Å²) in [5, 5.41) is 18.8. The second-order valence-corrected chi connectivity index (χ2v) is 4.94. The molecule has 86 valence electrons. The maximum absolute atomic E-state index is 11.0. The Balaban J connectivity index is 1.99. The number of likely N-dealkylation sites (tertiary alicyclic amines) is 1. The molecule has 1 heterocycles. The Bertz CT molecular complexity index is 256. The van der Waals surface area contributed by atoms with Gasteiger partial charge in [0.1, 0.15) is 0 Å². The van der Waals surface area contributed by atoms with Crippen LogP contribution in [0, 0.1) is 11.8 Å². The third-order valence-corrected chi connectivity index (χ3v) is 3.87. The average Bonchev–Trinajstić information content (AvgIpc) is 2.71. The van der Waals surface area contributed by atoms with Crippen LogP contribution in [0.25, 0.3) is 0 Å². The zero-order valence-electron chi connectivity index (χ0n) is 9.09. The third-order valence-electron chi connectivity index (χ3n) is 3.87. The predicted molar refractivity (Wildman–Crippen MR) is 55.5 cm³/mol. The van der Waals surface area contributed by atoms with Crippen LogP contribution in [-0.2, 0) is 4.79 Å². The standard InChI is InChI=1S/C11H19NO3/c1-7-5-12(6-8(7)11(14)15)9-3-2-4-10(9)13/h7-10,13H,2-6H2,1H3,(H,14,15). The van der Waals surface area contributed by atoms with Crippen LogP contribution >= 0.6 is 0 Å². The molecule has 0 bridgehead atoms. The van der Waals surface area contributed by atoms with Crippen LogP contribution in [0.15, 0.2) is 0 Å². The number of rotatable bonds is 2. The van der Waals surface area contributed by atoms with Crippen molar-refractivity contribution in [1.29, 1.82) is 0 Å². The van der Waals surface area contributed by atoms with Crippen molar-refractivity contribution in [1.82, 2.24) is 4.90 Å². The molecule has 2 aliphatic rings. The third kappa shape index (κ3) is 2.01. The lowest BCUT2D eigenvalue weighted by Gasteiger charge is -2.26. The Hall–Kier alpha value is -0.610. The molecule has 1 aliphatic carbocycles. The molecule has 4 nitrogen and oxygen atoms in total. The van der Waals surface area contributed by atoms with Crippen LogP contribution < -0.4 is 0 Å². The first-order valence-corrected chi connectivity index (χ1v) is 5.74. The number of carbonyl (C=O) groups is 1. The molecule has 0 aromatic carbocycles. The highest BCUT2D eigenvalue weighted by Crippen LogP contribution is 2.31. The molecule has 1 saturated heterocycles. The number of aliphatic carboxylic acids is 1. The van der Waals surface area contributed by atoms with Gasteiger partial charge in [-0.15, -0.1) is 0 Å². The molecule has 4 heteroatoms. The molecular formula is C11H19NO3. The first-order chi connectivity index (χ1) is 7.09. The summed E-state index contributed by atoms with van der Waals surface area (Å²) in [6, 6.07) is 0.205. The lowest BCUT2D eigenvalue weighted by Crippen LogP contribution is -2.39. The normalized spacial score (nSPS) is 42.3. The van der Waals surface area contributed by atoms with Crippen molar-refractivity contribution in [3.05, 3.63) is 0 Å². The SMILES string of the molecule is CC1CN(C2CCCC2O)CC1C(=O)O. The van der Waals surface area contributed by atoms with E-state index in [9.17, 15) is 9.90 Å². The fraction of sp³-hybridized carbons (Fsp3) is 0.909. The summed E-state index contributed by atoms with van der Waals surface area (Å²) in [5.74, 6) is -0.745. The summed E-state index contributed by atoms with van der Waals surface area (Å²) in [6.07, 6.45) is 2.70. The van der Waals surface area contributed by atoms with E-state index in [1.165, 1.54) is 0 Å². The van der Waals surface area contributed by atoms with Gasteiger partial charge in [0, 0.05) is 19.1 Å². The van der Waals surface area contributed by atoms with Gasteiger partial charge < -0.3 is 10.2 Å². The molecule has 2 rings (SSSR count). The zero-order chi connectivity index (χ0) is 11.0. The summed E-state index contributed by atoms with van der Waals surface area (Å²) in [5.41, 5.74) is 0.